The van der Waals surface area contributed by atoms with Gasteiger partial charge in [-0.2, -0.15) is 0 Å². The predicted molar refractivity (Wildman–Crippen MR) is 138 cm³/mol. The second-order valence-corrected chi connectivity index (χ2v) is 14.4. The summed E-state index contributed by atoms with van der Waals surface area (Å²) >= 11 is 0. The Balaban J connectivity index is 1.69. The molecule has 184 valence electrons. The Bertz CT molecular complexity index is 1240. The van der Waals surface area contributed by atoms with Crippen molar-refractivity contribution in [1.82, 2.24) is 9.55 Å². The number of rotatable bonds is 7. The van der Waals surface area contributed by atoms with Crippen LogP contribution in [-0.2, 0) is 14.0 Å². The zero-order valence-corrected chi connectivity index (χ0v) is 21.6. The molecule has 7 nitrogen and oxygen atoms in total. The van der Waals surface area contributed by atoms with Crippen molar-refractivity contribution in [3.63, 3.8) is 0 Å². The number of aldehydes is 1. The van der Waals surface area contributed by atoms with Crippen LogP contribution in [0.5, 0.6) is 0 Å². The fourth-order valence-corrected chi connectivity index (χ4v) is 9.57. The molecule has 8 heteroatoms. The third kappa shape index (κ3) is 4.74. The first-order chi connectivity index (χ1) is 16.7. The Morgan fingerprint density at radius 2 is 1.63 bits per heavy atom. The number of H-pyrrole nitrogens is 1. The standard InChI is InChI=1S/C27H32N2O5Si/c1-19-16-29(26(32)28-25(19)31)24-15-20(17-30)23(34-24)18-33-35(27(2,3)4,21-11-7-5-8-12-21)22-13-9-6-10-14-22/h5-14,16-17,20,23-24H,15,18H2,1-4H3,(H,28,31,32)/t20-,23-,24-/m1/s1. The van der Waals surface area contributed by atoms with Gasteiger partial charge in [0.25, 0.3) is 13.9 Å². The molecule has 2 aromatic carbocycles. The average molecular weight is 493 g/mol. The maximum Gasteiger partial charge on any atom is 0.330 e. The zero-order valence-electron chi connectivity index (χ0n) is 20.6. The van der Waals surface area contributed by atoms with E-state index in [2.05, 4.69) is 50.0 Å². The van der Waals surface area contributed by atoms with Gasteiger partial charge in [-0.3, -0.25) is 14.3 Å². The smallest absolute Gasteiger partial charge is 0.330 e. The van der Waals surface area contributed by atoms with Crippen molar-refractivity contribution in [2.24, 2.45) is 5.92 Å². The number of hydrogen-bond donors (Lipinski definition) is 1. The molecule has 35 heavy (non-hydrogen) atoms. The number of aromatic nitrogens is 2. The van der Waals surface area contributed by atoms with Gasteiger partial charge in [0.05, 0.1) is 12.7 Å². The normalized spacial score (nSPS) is 20.6. The largest absolute Gasteiger partial charge is 0.405 e. The molecular weight excluding hydrogens is 460 g/mol. The lowest BCUT2D eigenvalue weighted by molar-refractivity contribution is -0.113. The van der Waals surface area contributed by atoms with E-state index in [-0.39, 0.29) is 11.6 Å². The molecule has 3 aromatic rings. The molecule has 4 rings (SSSR count). The van der Waals surface area contributed by atoms with E-state index in [0.717, 1.165) is 16.7 Å². The molecule has 0 unspecified atom stereocenters. The molecule has 1 fully saturated rings. The predicted octanol–water partition coefficient (Wildman–Crippen LogP) is 2.52. The van der Waals surface area contributed by atoms with Crippen molar-refractivity contribution in [1.29, 1.82) is 0 Å². The highest BCUT2D eigenvalue weighted by Gasteiger charge is 2.51. The molecule has 0 spiro atoms. The molecule has 3 atom stereocenters. The van der Waals surface area contributed by atoms with E-state index in [4.69, 9.17) is 9.16 Å². The fourth-order valence-electron chi connectivity index (χ4n) is 5.00. The number of nitrogens with zero attached hydrogens (tertiary/aromatic N) is 1. The summed E-state index contributed by atoms with van der Waals surface area (Å²) in [6.45, 7) is 8.42. The van der Waals surface area contributed by atoms with E-state index in [9.17, 15) is 14.4 Å². The van der Waals surface area contributed by atoms with Gasteiger partial charge in [-0.1, -0.05) is 81.4 Å². The first-order valence-electron chi connectivity index (χ1n) is 11.8. The molecule has 0 radical (unpaired) electrons. The minimum Gasteiger partial charge on any atom is -0.405 e. The molecule has 1 aromatic heterocycles. The third-order valence-corrected chi connectivity index (χ3v) is 11.8. The van der Waals surface area contributed by atoms with Crippen molar-refractivity contribution in [3.05, 3.63) is 93.3 Å². The Morgan fingerprint density at radius 1 is 1.06 bits per heavy atom. The van der Waals surface area contributed by atoms with Gasteiger partial charge in [-0.25, -0.2) is 4.79 Å². The molecule has 1 aliphatic heterocycles. The maximum absolute atomic E-state index is 12.4. The minimum atomic E-state index is -2.80. The summed E-state index contributed by atoms with van der Waals surface area (Å²) in [7, 11) is -2.80. The minimum absolute atomic E-state index is 0.211. The van der Waals surface area contributed by atoms with Gasteiger partial charge < -0.3 is 14.0 Å². The number of aryl methyl sites for hydroxylation is 1. The van der Waals surface area contributed by atoms with Crippen LogP contribution in [0.1, 0.15) is 39.0 Å². The molecular formula is C27H32N2O5Si. The summed E-state index contributed by atoms with van der Waals surface area (Å²) in [5.74, 6) is -0.433. The Kier molecular flexibility index (Phi) is 7.07. The van der Waals surface area contributed by atoms with Crippen molar-refractivity contribution >= 4 is 25.0 Å². The van der Waals surface area contributed by atoms with Gasteiger partial charge in [-0.15, -0.1) is 0 Å². The first-order valence-corrected chi connectivity index (χ1v) is 13.8. The number of ether oxygens (including phenoxy) is 1. The first kappa shape index (κ1) is 25.0. The van der Waals surface area contributed by atoms with Gasteiger partial charge in [0, 0.05) is 24.1 Å². The van der Waals surface area contributed by atoms with E-state index < -0.39 is 37.8 Å². The number of carbonyl (C=O) groups excluding carboxylic acids is 1. The lowest BCUT2D eigenvalue weighted by Crippen LogP contribution is -2.67. The van der Waals surface area contributed by atoms with Gasteiger partial charge in [0.2, 0.25) is 0 Å². The van der Waals surface area contributed by atoms with Crippen molar-refractivity contribution < 1.29 is 14.0 Å². The summed E-state index contributed by atoms with van der Waals surface area (Å²) in [6.07, 6.45) is 1.53. The highest BCUT2D eigenvalue weighted by atomic mass is 28.4. The van der Waals surface area contributed by atoms with Crippen LogP contribution in [0.3, 0.4) is 0 Å². The van der Waals surface area contributed by atoms with Crippen LogP contribution in [0.15, 0.2) is 76.4 Å². The second-order valence-electron chi connectivity index (χ2n) is 10.1. The average Bonchev–Trinajstić information content (AvgIpc) is 3.25. The molecule has 2 heterocycles. The number of carbonyl (C=O) groups is 1. The monoisotopic (exact) mass is 492 g/mol. The molecule has 1 saturated heterocycles. The van der Waals surface area contributed by atoms with Crippen molar-refractivity contribution in [3.8, 4) is 0 Å². The van der Waals surface area contributed by atoms with Crippen LogP contribution in [0.2, 0.25) is 5.04 Å². The molecule has 0 aliphatic carbocycles. The van der Waals surface area contributed by atoms with E-state index in [1.54, 1.807) is 6.92 Å². The Labute approximate surface area is 205 Å². The van der Waals surface area contributed by atoms with Crippen molar-refractivity contribution in [2.75, 3.05) is 6.61 Å². The van der Waals surface area contributed by atoms with Crippen LogP contribution in [0.25, 0.3) is 0 Å². The van der Waals surface area contributed by atoms with E-state index in [1.807, 2.05) is 36.4 Å². The lowest BCUT2D eigenvalue weighted by Gasteiger charge is -2.43. The van der Waals surface area contributed by atoms with Crippen LogP contribution in [0, 0.1) is 12.8 Å². The molecule has 1 aliphatic rings. The van der Waals surface area contributed by atoms with E-state index >= 15 is 0 Å². The summed E-state index contributed by atoms with van der Waals surface area (Å²) in [4.78, 5) is 38.5. The SMILES string of the molecule is Cc1cn([C@H]2C[C@H](C=O)[C@@H](CO[Si](c3ccccc3)(c3ccccc3)C(C)(C)C)O2)c(=O)[nH]c1=O. The topological polar surface area (TPSA) is 90.4 Å². The zero-order chi connectivity index (χ0) is 25.2. The van der Waals surface area contributed by atoms with Crippen LogP contribution >= 0.6 is 0 Å². The molecule has 0 amide bonds. The van der Waals surface area contributed by atoms with Gasteiger partial charge in [0.1, 0.15) is 12.5 Å². The number of nitrogens with one attached hydrogen (secondary N) is 1. The van der Waals surface area contributed by atoms with E-state index in [1.165, 1.54) is 10.8 Å². The quantitative estimate of drug-likeness (QED) is 0.404. The van der Waals surface area contributed by atoms with Crippen LogP contribution in [0.4, 0.5) is 0 Å². The van der Waals surface area contributed by atoms with Crippen molar-refractivity contribution in [2.45, 2.75) is 51.5 Å². The Morgan fingerprint density at radius 3 is 2.14 bits per heavy atom. The van der Waals surface area contributed by atoms with Gasteiger partial charge >= 0.3 is 5.69 Å². The highest BCUT2D eigenvalue weighted by Crippen LogP contribution is 2.38. The number of benzene rings is 2. The Hall–Kier alpha value is -3.07. The molecule has 0 saturated carbocycles. The van der Waals surface area contributed by atoms with Crippen LogP contribution < -0.4 is 21.6 Å². The molecule has 0 bridgehead atoms. The van der Waals surface area contributed by atoms with E-state index in [0.29, 0.717) is 12.0 Å². The number of hydrogen-bond acceptors (Lipinski definition) is 5. The summed E-state index contributed by atoms with van der Waals surface area (Å²) < 4.78 is 14.5. The second kappa shape index (κ2) is 9.89. The third-order valence-electron chi connectivity index (χ3n) is 6.80. The highest BCUT2D eigenvalue weighted by molar-refractivity contribution is 6.99. The molecule has 1 N–H and O–H groups in total. The fraction of sp³-hybridized carbons (Fsp3) is 0.370. The maximum atomic E-state index is 12.4. The summed E-state index contributed by atoms with van der Waals surface area (Å²) in [5, 5.41) is 2.07. The van der Waals surface area contributed by atoms with Gasteiger partial charge in [-0.05, 0) is 22.3 Å². The van der Waals surface area contributed by atoms with Crippen LogP contribution in [-0.4, -0.2) is 36.9 Å². The van der Waals surface area contributed by atoms with Gasteiger partial charge in [0.15, 0.2) is 0 Å². The summed E-state index contributed by atoms with van der Waals surface area (Å²) in [6, 6.07) is 20.5. The lowest BCUT2D eigenvalue weighted by atomic mass is 10.0. The summed E-state index contributed by atoms with van der Waals surface area (Å²) in [5.41, 5.74) is -0.575. The number of aromatic amines is 1.